The Hall–Kier alpha value is -3.02. The summed E-state index contributed by atoms with van der Waals surface area (Å²) in [5.74, 6) is 0. The van der Waals surface area contributed by atoms with Gasteiger partial charge in [-0.3, -0.25) is 6.08 Å². The predicted molar refractivity (Wildman–Crippen MR) is 181 cm³/mol. The quantitative estimate of drug-likeness (QED) is 0.158. The van der Waals surface area contributed by atoms with Crippen LogP contribution in [0.4, 0.5) is 0 Å². The van der Waals surface area contributed by atoms with Gasteiger partial charge in [0.15, 0.2) is 0 Å². The minimum atomic E-state index is 1.10. The zero-order chi connectivity index (χ0) is 29.9. The molecule has 0 bridgehead atoms. The zero-order valence-corrected chi connectivity index (χ0v) is 28.5. The summed E-state index contributed by atoms with van der Waals surface area (Å²) in [5, 5.41) is 5.54. The van der Waals surface area contributed by atoms with Gasteiger partial charge in [0.05, 0.1) is 0 Å². The van der Waals surface area contributed by atoms with Crippen LogP contribution >= 0.6 is 0 Å². The molecule has 0 nitrogen and oxygen atoms in total. The SMILES string of the molecule is CCC1=[C-]CC(CC)=C1CC.CCc1ccc2c(c1)[cH-]c1cc(CC)ccc12.[Zr+2]=[C](c1ccccc1)c1ccccc1. The van der Waals surface area contributed by atoms with Gasteiger partial charge in [0.2, 0.25) is 0 Å². The first-order valence-electron chi connectivity index (χ1n) is 15.6. The van der Waals surface area contributed by atoms with E-state index in [1.54, 1.807) is 11.1 Å². The first-order chi connectivity index (χ1) is 20.5. The summed E-state index contributed by atoms with van der Waals surface area (Å²) in [6.45, 7) is 11.1. The van der Waals surface area contributed by atoms with Gasteiger partial charge >= 0.3 is 99.2 Å². The van der Waals surface area contributed by atoms with Crippen LogP contribution in [0.2, 0.25) is 0 Å². The average Bonchev–Trinajstić information content (AvgIpc) is 3.65. The van der Waals surface area contributed by atoms with Crippen LogP contribution in [0.1, 0.15) is 82.6 Å². The molecule has 0 unspecified atom stereocenters. The van der Waals surface area contributed by atoms with Crippen molar-refractivity contribution in [3.05, 3.63) is 148 Å². The van der Waals surface area contributed by atoms with Crippen LogP contribution in [0.15, 0.2) is 120 Å². The third-order valence-corrected chi connectivity index (χ3v) is 9.63. The third kappa shape index (κ3) is 7.87. The second kappa shape index (κ2) is 16.0. The summed E-state index contributed by atoms with van der Waals surface area (Å²) < 4.78 is 1.42. The minimum absolute atomic E-state index is 1.10. The van der Waals surface area contributed by atoms with Crippen LogP contribution in [-0.2, 0) is 37.1 Å². The van der Waals surface area contributed by atoms with E-state index in [1.165, 1.54) is 89.7 Å². The molecule has 6 rings (SSSR count). The van der Waals surface area contributed by atoms with Crippen LogP contribution in [0, 0.1) is 6.08 Å². The average molecular weight is 628 g/mol. The first-order valence-corrected chi connectivity index (χ1v) is 16.9. The molecule has 0 fully saturated rings. The van der Waals surface area contributed by atoms with E-state index in [0.717, 1.165) is 25.7 Å². The summed E-state index contributed by atoms with van der Waals surface area (Å²) in [4.78, 5) is 0. The van der Waals surface area contributed by atoms with Gasteiger partial charge in [-0.1, -0.05) is 89.3 Å². The van der Waals surface area contributed by atoms with Crippen molar-refractivity contribution in [2.45, 2.75) is 73.1 Å². The molecule has 1 heteroatoms. The molecule has 0 amide bonds. The van der Waals surface area contributed by atoms with Gasteiger partial charge in [0, 0.05) is 0 Å². The van der Waals surface area contributed by atoms with Gasteiger partial charge < -0.3 is 0 Å². The molecule has 0 atom stereocenters. The summed E-state index contributed by atoms with van der Waals surface area (Å²) in [6.07, 6.45) is 10.3. The Bertz CT molecular complexity index is 1560. The molecule has 0 aromatic heterocycles. The maximum absolute atomic E-state index is 3.45. The topological polar surface area (TPSA) is 0 Å². The standard InChI is InChI=1S/C17H17.C13H10.C11H17.Zr/c1-3-12-5-7-16-14(9-12)11-15-10-13(4-2)6-8-17(15)16;1-3-7-12(8-4-1)11-13-9-5-2-6-10-13;1-4-9-7-8-10(5-2)11(9)6-3;/h5-11H,3-4H2,1-2H3;1-10H;4-7H2,1-3H3;/q-1;;-1;+2. The Kier molecular flexibility index (Phi) is 12.2. The molecule has 0 saturated carbocycles. The van der Waals surface area contributed by atoms with Gasteiger partial charge in [-0.15, -0.1) is 46.2 Å². The Morgan fingerprint density at radius 1 is 0.619 bits per heavy atom. The fraction of sp³-hybridized carbons (Fsp3) is 0.268. The second-order valence-corrected chi connectivity index (χ2v) is 12.0. The molecule has 1 aliphatic rings. The van der Waals surface area contributed by atoms with E-state index in [2.05, 4.69) is 144 Å². The van der Waals surface area contributed by atoms with E-state index in [4.69, 9.17) is 0 Å². The van der Waals surface area contributed by atoms with Crippen LogP contribution in [0.5, 0.6) is 0 Å². The van der Waals surface area contributed by atoms with E-state index in [1.807, 2.05) is 0 Å². The van der Waals surface area contributed by atoms with Gasteiger partial charge in [0.1, 0.15) is 0 Å². The van der Waals surface area contributed by atoms with Crippen molar-refractivity contribution in [1.82, 2.24) is 0 Å². The first kappa shape index (κ1) is 31.9. The van der Waals surface area contributed by atoms with Crippen molar-refractivity contribution in [2.75, 3.05) is 0 Å². The molecule has 42 heavy (non-hydrogen) atoms. The number of benzene rings is 4. The monoisotopic (exact) mass is 626 g/mol. The number of rotatable bonds is 7. The van der Waals surface area contributed by atoms with Crippen molar-refractivity contribution in [3.8, 4) is 0 Å². The molecular formula is C41H44Zr. The van der Waals surface area contributed by atoms with Crippen LogP contribution in [-0.4, -0.2) is 3.21 Å². The van der Waals surface area contributed by atoms with Gasteiger partial charge in [0.25, 0.3) is 0 Å². The zero-order valence-electron chi connectivity index (χ0n) is 26.1. The molecule has 0 N–H and O–H groups in total. The summed E-state index contributed by atoms with van der Waals surface area (Å²) in [6, 6.07) is 37.1. The molecule has 1 aliphatic carbocycles. The molecule has 5 aromatic carbocycles. The summed E-state index contributed by atoms with van der Waals surface area (Å²) in [5.41, 5.74) is 10.2. The van der Waals surface area contributed by atoms with Crippen LogP contribution < -0.4 is 0 Å². The molecule has 0 heterocycles. The Balaban J connectivity index is 0.000000149. The molecule has 0 aliphatic heterocycles. The van der Waals surface area contributed by atoms with E-state index in [-0.39, 0.29) is 0 Å². The fourth-order valence-electron chi connectivity index (χ4n) is 5.72. The molecule has 0 spiro atoms. The third-order valence-electron chi connectivity index (χ3n) is 8.21. The van der Waals surface area contributed by atoms with E-state index in [0.29, 0.717) is 0 Å². The summed E-state index contributed by atoms with van der Waals surface area (Å²) >= 11 is 1.46. The van der Waals surface area contributed by atoms with Crippen molar-refractivity contribution >= 4 is 24.8 Å². The molecule has 0 radical (unpaired) electrons. The van der Waals surface area contributed by atoms with E-state index in [9.17, 15) is 0 Å². The Labute approximate surface area is 268 Å². The Morgan fingerprint density at radius 2 is 1.12 bits per heavy atom. The Morgan fingerprint density at radius 3 is 1.52 bits per heavy atom. The van der Waals surface area contributed by atoms with Gasteiger partial charge in [-0.2, -0.15) is 11.1 Å². The van der Waals surface area contributed by atoms with Crippen molar-refractivity contribution in [3.63, 3.8) is 0 Å². The number of hydrogen-bond donors (Lipinski definition) is 0. The van der Waals surface area contributed by atoms with E-state index >= 15 is 0 Å². The summed E-state index contributed by atoms with van der Waals surface area (Å²) in [7, 11) is 0. The van der Waals surface area contributed by atoms with Crippen LogP contribution in [0.3, 0.4) is 0 Å². The molecule has 212 valence electrons. The molecule has 0 saturated heterocycles. The van der Waals surface area contributed by atoms with Gasteiger partial charge in [-0.25, -0.2) is 5.57 Å². The van der Waals surface area contributed by atoms with E-state index < -0.39 is 0 Å². The second-order valence-electron chi connectivity index (χ2n) is 10.8. The van der Waals surface area contributed by atoms with Crippen LogP contribution in [0.25, 0.3) is 21.5 Å². The number of aryl methyl sites for hydroxylation is 2. The maximum atomic E-state index is 3.45. The normalized spacial score (nSPS) is 12.5. The molecular weight excluding hydrogens is 584 g/mol. The van der Waals surface area contributed by atoms with Crippen molar-refractivity contribution < 1.29 is 24.2 Å². The predicted octanol–water partition coefficient (Wildman–Crippen LogP) is 11.3. The van der Waals surface area contributed by atoms with Crippen molar-refractivity contribution in [1.29, 1.82) is 0 Å². The number of fused-ring (bicyclic) bond motifs is 3. The number of hydrogen-bond acceptors (Lipinski definition) is 0. The van der Waals surface area contributed by atoms with Crippen molar-refractivity contribution in [2.24, 2.45) is 0 Å². The number of allylic oxidation sites excluding steroid dienone is 4. The van der Waals surface area contributed by atoms with Gasteiger partial charge in [-0.05, 0) is 12.8 Å². The molecule has 5 aromatic rings. The fourth-order valence-corrected chi connectivity index (χ4v) is 6.54.